The monoisotopic (exact) mass is 289 g/mol. The summed E-state index contributed by atoms with van der Waals surface area (Å²) in [7, 11) is 0. The first-order chi connectivity index (χ1) is 9.84. The van der Waals surface area contributed by atoms with E-state index in [0.29, 0.717) is 6.61 Å². The number of ether oxygens (including phenoxy) is 1. The molecule has 2 atom stereocenters. The van der Waals surface area contributed by atoms with Crippen molar-refractivity contribution in [2.24, 2.45) is 5.92 Å². The number of fused-ring (bicyclic) bond motifs is 2. The second-order valence-corrected chi connectivity index (χ2v) is 5.11. The van der Waals surface area contributed by atoms with Crippen molar-refractivity contribution in [3.05, 3.63) is 35.4 Å². The number of aryl methyl sites for hydroxylation is 1. The highest BCUT2D eigenvalue weighted by molar-refractivity contribution is 6.01. The van der Waals surface area contributed by atoms with Gasteiger partial charge in [-0.2, -0.15) is 0 Å². The number of nitrogens with zero attached hydrogens (tertiary/aromatic N) is 1. The van der Waals surface area contributed by atoms with Crippen molar-refractivity contribution in [2.75, 3.05) is 6.61 Å². The fourth-order valence-corrected chi connectivity index (χ4v) is 3.23. The van der Waals surface area contributed by atoms with E-state index < -0.39 is 0 Å². The molecule has 0 spiro atoms. The molecule has 1 aromatic rings. The van der Waals surface area contributed by atoms with Crippen LogP contribution in [-0.2, 0) is 16.0 Å². The molecule has 2 heterocycles. The Morgan fingerprint density at radius 1 is 1.24 bits per heavy atom. The van der Waals surface area contributed by atoms with Gasteiger partial charge >= 0.3 is 0 Å². The summed E-state index contributed by atoms with van der Waals surface area (Å²) in [6.45, 7) is 4.69. The molecule has 0 aromatic heterocycles. The summed E-state index contributed by atoms with van der Waals surface area (Å²) in [4.78, 5) is 11.9. The molecule has 2 fully saturated rings. The average molecular weight is 289 g/mol. The number of hydrogen-bond acceptors (Lipinski definition) is 2. The highest BCUT2D eigenvalue weighted by atomic mass is 16.5. The molecular formula is C17H25N2O2+. The summed E-state index contributed by atoms with van der Waals surface area (Å²) < 4.78 is 7.67. The second kappa shape index (κ2) is 6.39. The number of carbonyl (C=O) groups excluding carboxylic acids is 1. The van der Waals surface area contributed by atoms with Gasteiger partial charge in [0.25, 0.3) is 12.1 Å². The summed E-state index contributed by atoms with van der Waals surface area (Å²) in [6.07, 6.45) is 2.77. The van der Waals surface area contributed by atoms with E-state index in [1.807, 2.05) is 18.5 Å². The van der Waals surface area contributed by atoms with Crippen molar-refractivity contribution in [1.29, 1.82) is 0 Å². The highest BCUT2D eigenvalue weighted by Gasteiger charge is 2.52. The Morgan fingerprint density at radius 2 is 2.00 bits per heavy atom. The van der Waals surface area contributed by atoms with Crippen molar-refractivity contribution in [3.63, 3.8) is 0 Å². The molecule has 21 heavy (non-hydrogen) atoms. The van der Waals surface area contributed by atoms with Crippen LogP contribution in [0.4, 0.5) is 0 Å². The van der Waals surface area contributed by atoms with Crippen LogP contribution in [0.3, 0.4) is 0 Å². The molecule has 2 aliphatic heterocycles. The lowest BCUT2D eigenvalue weighted by atomic mass is 10.1. The molecule has 1 amide bonds. The first kappa shape index (κ1) is 15.7. The van der Waals surface area contributed by atoms with Crippen molar-refractivity contribution >= 4 is 11.6 Å². The van der Waals surface area contributed by atoms with Gasteiger partial charge in [-0.05, 0) is 24.5 Å². The number of nitrogens with one attached hydrogen (secondary N) is 1. The molecule has 0 saturated carbocycles. The Kier molecular flexibility index (Phi) is 4.78. The number of hydrogen-bond donors (Lipinski definition) is 1. The van der Waals surface area contributed by atoms with E-state index in [9.17, 15) is 4.79 Å². The van der Waals surface area contributed by atoms with E-state index in [4.69, 9.17) is 4.74 Å². The van der Waals surface area contributed by atoms with Crippen LogP contribution >= 0.6 is 0 Å². The zero-order valence-electron chi connectivity index (χ0n) is 12.1. The number of benzene rings is 1. The SMILES string of the molecule is C.CC.O=C1N/[N+](=C2/CCc3ccccc32)C2OCCC12. The molecule has 1 aromatic carbocycles. The fraction of sp³-hybridized carbons (Fsp3) is 0.529. The number of amides is 1. The first-order valence-electron chi connectivity index (χ1n) is 7.50. The molecule has 2 saturated heterocycles. The lowest BCUT2D eigenvalue weighted by molar-refractivity contribution is -0.634. The summed E-state index contributed by atoms with van der Waals surface area (Å²) >= 11 is 0. The molecule has 2 unspecified atom stereocenters. The summed E-state index contributed by atoms with van der Waals surface area (Å²) in [5, 5.41) is 0. The van der Waals surface area contributed by atoms with Crippen LogP contribution in [-0.4, -0.2) is 29.1 Å². The Bertz CT molecular complexity index is 566. The number of hydrazone groups is 1. The van der Waals surface area contributed by atoms with Gasteiger partial charge in [0, 0.05) is 12.0 Å². The summed E-state index contributed by atoms with van der Waals surface area (Å²) in [6, 6.07) is 8.41. The molecule has 3 aliphatic rings. The maximum Gasteiger partial charge on any atom is 0.298 e. The first-order valence-corrected chi connectivity index (χ1v) is 7.50. The van der Waals surface area contributed by atoms with Crippen LogP contribution in [0.25, 0.3) is 0 Å². The van der Waals surface area contributed by atoms with Gasteiger partial charge in [-0.15, -0.1) is 5.43 Å². The van der Waals surface area contributed by atoms with Crippen molar-refractivity contribution in [2.45, 2.75) is 46.8 Å². The third-order valence-electron chi connectivity index (χ3n) is 4.13. The molecular weight excluding hydrogens is 264 g/mol. The van der Waals surface area contributed by atoms with Crippen LogP contribution in [0.2, 0.25) is 0 Å². The predicted molar refractivity (Wildman–Crippen MR) is 83.2 cm³/mol. The average Bonchev–Trinajstić information content (AvgIpc) is 3.18. The third-order valence-corrected chi connectivity index (χ3v) is 4.13. The van der Waals surface area contributed by atoms with Gasteiger partial charge in [-0.1, -0.05) is 44.2 Å². The van der Waals surface area contributed by atoms with Crippen LogP contribution in [0.1, 0.15) is 45.2 Å². The standard InChI is InChI=1S/C14H14N2O2.C2H6.CH4/c17-13-11-7-8-18-14(11)16(15-13)12-6-5-9-3-1-2-4-10(9)12;1-2;/h1-4,11,14H,5-8H2;1-2H3;1H4/p+1/b16-12-;;. The van der Waals surface area contributed by atoms with Crippen LogP contribution in [0, 0.1) is 5.92 Å². The van der Waals surface area contributed by atoms with Gasteiger partial charge < -0.3 is 4.74 Å². The van der Waals surface area contributed by atoms with Crippen molar-refractivity contribution < 1.29 is 14.2 Å². The van der Waals surface area contributed by atoms with Gasteiger partial charge in [0.1, 0.15) is 5.92 Å². The van der Waals surface area contributed by atoms with E-state index in [-0.39, 0.29) is 25.5 Å². The minimum atomic E-state index is -0.0985. The van der Waals surface area contributed by atoms with Gasteiger partial charge in [-0.3, -0.25) is 4.79 Å². The third kappa shape index (κ3) is 2.48. The highest BCUT2D eigenvalue weighted by Crippen LogP contribution is 2.29. The molecule has 0 bridgehead atoms. The van der Waals surface area contributed by atoms with Gasteiger partial charge in [0.15, 0.2) is 0 Å². The molecule has 4 nitrogen and oxygen atoms in total. The largest absolute Gasteiger partial charge is 0.319 e. The lowest BCUT2D eigenvalue weighted by Crippen LogP contribution is -2.35. The summed E-state index contributed by atoms with van der Waals surface area (Å²) in [5.41, 5.74) is 6.80. The van der Waals surface area contributed by atoms with E-state index in [1.54, 1.807) is 0 Å². The zero-order valence-corrected chi connectivity index (χ0v) is 12.1. The van der Waals surface area contributed by atoms with Crippen molar-refractivity contribution in [1.82, 2.24) is 5.43 Å². The number of carbonyl (C=O) groups is 1. The van der Waals surface area contributed by atoms with E-state index in [1.165, 1.54) is 16.8 Å². The van der Waals surface area contributed by atoms with Crippen LogP contribution in [0.5, 0.6) is 0 Å². The van der Waals surface area contributed by atoms with E-state index in [2.05, 4.69) is 29.7 Å². The normalized spacial score (nSPS) is 29.0. The molecule has 114 valence electrons. The van der Waals surface area contributed by atoms with Crippen LogP contribution in [0.15, 0.2) is 24.3 Å². The Morgan fingerprint density at radius 3 is 2.81 bits per heavy atom. The predicted octanol–water partition coefficient (Wildman–Crippen LogP) is 2.50. The van der Waals surface area contributed by atoms with Crippen molar-refractivity contribution in [3.8, 4) is 0 Å². The van der Waals surface area contributed by atoms with E-state index in [0.717, 1.165) is 19.3 Å². The Balaban J connectivity index is 0.000000517. The molecule has 4 heteroatoms. The van der Waals surface area contributed by atoms with Gasteiger partial charge in [0.05, 0.1) is 6.61 Å². The maximum absolute atomic E-state index is 11.9. The van der Waals surface area contributed by atoms with Gasteiger partial charge in [0.2, 0.25) is 5.71 Å². The minimum Gasteiger partial charge on any atom is -0.319 e. The minimum absolute atomic E-state index is 0. The second-order valence-electron chi connectivity index (χ2n) is 5.11. The van der Waals surface area contributed by atoms with Crippen LogP contribution < -0.4 is 5.43 Å². The van der Waals surface area contributed by atoms with Gasteiger partial charge in [-0.25, -0.2) is 0 Å². The maximum atomic E-state index is 11.9. The summed E-state index contributed by atoms with van der Waals surface area (Å²) in [5.74, 6) is 0.111. The molecule has 1 N–H and O–H groups in total. The number of rotatable bonds is 0. The Hall–Kier alpha value is -1.68. The zero-order chi connectivity index (χ0) is 14.1. The molecule has 0 radical (unpaired) electrons. The molecule has 4 rings (SSSR count). The smallest absolute Gasteiger partial charge is 0.298 e. The lowest BCUT2D eigenvalue weighted by Gasteiger charge is -2.05. The quantitative estimate of drug-likeness (QED) is 0.746. The number of hydrazine groups is 1. The van der Waals surface area contributed by atoms with E-state index >= 15 is 0 Å². The molecule has 1 aliphatic carbocycles. The topological polar surface area (TPSA) is 41.3 Å². The fourth-order valence-electron chi connectivity index (χ4n) is 3.23. The Labute approximate surface area is 126 Å².